The normalized spacial score (nSPS) is 29.7. The first-order valence-corrected chi connectivity index (χ1v) is 14.3. The van der Waals surface area contributed by atoms with Crippen molar-refractivity contribution in [1.82, 2.24) is 25.0 Å². The number of aliphatic carboxylic acids is 2. The van der Waals surface area contributed by atoms with Crippen LogP contribution in [0.1, 0.15) is 61.9 Å². The molecule has 0 radical (unpaired) electrons. The Kier molecular flexibility index (Phi) is 8.05. The zero-order valence-corrected chi connectivity index (χ0v) is 23.0. The number of carbonyl (C=O) groups is 6. The van der Waals surface area contributed by atoms with Crippen LogP contribution in [0.5, 0.6) is 0 Å². The van der Waals surface area contributed by atoms with Crippen LogP contribution >= 0.6 is 0 Å². The Balaban J connectivity index is 1.29. The molecule has 13 heteroatoms. The topological polar surface area (TPSA) is 178 Å². The van der Waals surface area contributed by atoms with Gasteiger partial charge in [0.15, 0.2) is 0 Å². The molecule has 1 aromatic rings. The molecule has 2 saturated heterocycles. The molecule has 0 aromatic carbocycles. The fraction of sp³-hybridized carbons (Fsp3) is 0.643. The van der Waals surface area contributed by atoms with Crippen molar-refractivity contribution < 1.29 is 39.0 Å². The van der Waals surface area contributed by atoms with Gasteiger partial charge in [0, 0.05) is 69.0 Å². The minimum atomic E-state index is -1.19. The van der Waals surface area contributed by atoms with Gasteiger partial charge in [0.25, 0.3) is 5.91 Å². The molecule has 3 heterocycles. The van der Waals surface area contributed by atoms with E-state index in [0.29, 0.717) is 31.4 Å². The summed E-state index contributed by atoms with van der Waals surface area (Å²) in [5.41, 5.74) is 0.407. The molecule has 4 N–H and O–H groups in total. The van der Waals surface area contributed by atoms with Gasteiger partial charge in [0.2, 0.25) is 17.7 Å². The molecule has 0 unspecified atom stereocenters. The summed E-state index contributed by atoms with van der Waals surface area (Å²) in [7, 11) is 1.72. The Labute approximate surface area is 237 Å². The average Bonchev–Trinajstić information content (AvgIpc) is 3.34. The summed E-state index contributed by atoms with van der Waals surface area (Å²) < 4.78 is 1.64. The highest BCUT2D eigenvalue weighted by Crippen LogP contribution is 2.37. The molecule has 2 saturated carbocycles. The highest BCUT2D eigenvalue weighted by molar-refractivity contribution is 5.94. The maximum Gasteiger partial charge on any atom is 0.326 e. The van der Waals surface area contributed by atoms with E-state index in [-0.39, 0.29) is 43.7 Å². The quantitative estimate of drug-likeness (QED) is 0.342. The van der Waals surface area contributed by atoms with Crippen molar-refractivity contribution in [2.45, 2.75) is 75.5 Å². The van der Waals surface area contributed by atoms with Crippen molar-refractivity contribution in [2.75, 3.05) is 13.1 Å². The van der Waals surface area contributed by atoms with Gasteiger partial charge in [-0.1, -0.05) is 12.8 Å². The van der Waals surface area contributed by atoms with E-state index in [2.05, 4.69) is 10.6 Å². The molecule has 13 nitrogen and oxygen atoms in total. The summed E-state index contributed by atoms with van der Waals surface area (Å²) in [6, 6.07) is 0.0449. The fourth-order valence-electron chi connectivity index (χ4n) is 6.61. The van der Waals surface area contributed by atoms with Gasteiger partial charge in [-0.2, -0.15) is 0 Å². The number of carbonyl (C=O) groups excluding carboxylic acids is 4. The maximum absolute atomic E-state index is 13.9. The number of carboxylic acid groups (broad SMARTS) is 2. The van der Waals surface area contributed by atoms with E-state index in [9.17, 15) is 39.0 Å². The monoisotopic (exact) mass is 571 g/mol. The SMILES string of the molecule is Cn1cccc1C(=O)N[C@H]1C[C@@H](C(=O)O)N(C(=O)[C@@H]2CCCC[C@H]2C(=O)N2C[C@@H](NC(=O)C3CC3)C[C@H]2C(=O)O)C1. The van der Waals surface area contributed by atoms with Gasteiger partial charge in [0.05, 0.1) is 0 Å². The zero-order valence-electron chi connectivity index (χ0n) is 23.0. The molecule has 5 rings (SSSR count). The Morgan fingerprint density at radius 3 is 1.73 bits per heavy atom. The lowest BCUT2D eigenvalue weighted by Crippen LogP contribution is -2.51. The van der Waals surface area contributed by atoms with Crippen LogP contribution in [0.4, 0.5) is 0 Å². The summed E-state index contributed by atoms with van der Waals surface area (Å²) >= 11 is 0. The molecule has 1 aromatic heterocycles. The fourth-order valence-corrected chi connectivity index (χ4v) is 6.61. The van der Waals surface area contributed by atoms with E-state index in [4.69, 9.17) is 0 Å². The highest BCUT2D eigenvalue weighted by atomic mass is 16.4. The van der Waals surface area contributed by atoms with Crippen molar-refractivity contribution in [1.29, 1.82) is 0 Å². The second kappa shape index (κ2) is 11.5. The van der Waals surface area contributed by atoms with Gasteiger partial charge < -0.3 is 35.2 Å². The standard InChI is InChI=1S/C28H37N5O8/c1-31-10-4-7-20(31)24(35)30-17-12-22(28(40)41)33(14-17)26(37)19-6-3-2-5-18(19)25(36)32-13-16(11-21(32)27(38)39)29-23(34)15-8-9-15/h4,7,10,15-19,21-22H,2-3,5-6,8-9,11-14H2,1H3,(H,29,34)(H,30,35)(H,38,39)(H,40,41)/t16-,17-,18+,19+,21-,22-/m0/s1. The van der Waals surface area contributed by atoms with Crippen LogP contribution in [0.2, 0.25) is 0 Å². The zero-order chi connectivity index (χ0) is 29.4. The number of nitrogens with one attached hydrogen (secondary N) is 2. The first-order valence-electron chi connectivity index (χ1n) is 14.3. The molecule has 4 aliphatic rings. The molecule has 0 spiro atoms. The van der Waals surface area contributed by atoms with Crippen molar-refractivity contribution in [3.8, 4) is 0 Å². The molecule has 222 valence electrons. The predicted octanol–water partition coefficient (Wildman–Crippen LogP) is 0.196. The van der Waals surface area contributed by atoms with E-state index in [0.717, 1.165) is 12.8 Å². The minimum Gasteiger partial charge on any atom is -0.480 e. The molecule has 2 aliphatic carbocycles. The number of nitrogens with zero attached hydrogens (tertiary/aromatic N) is 3. The second-order valence-electron chi connectivity index (χ2n) is 11.8. The summed E-state index contributed by atoms with van der Waals surface area (Å²) in [4.78, 5) is 79.4. The lowest BCUT2D eigenvalue weighted by Gasteiger charge is -2.36. The summed E-state index contributed by atoms with van der Waals surface area (Å²) in [6.45, 7) is 0.0561. The van der Waals surface area contributed by atoms with Crippen LogP contribution in [-0.4, -0.2) is 97.4 Å². The summed E-state index contributed by atoms with van der Waals surface area (Å²) in [6.07, 6.45) is 5.60. The number of hydrogen-bond acceptors (Lipinski definition) is 6. The maximum atomic E-state index is 13.9. The first kappa shape index (κ1) is 28.6. The van der Waals surface area contributed by atoms with Crippen LogP contribution in [-0.2, 0) is 31.0 Å². The van der Waals surface area contributed by atoms with Gasteiger partial charge in [-0.25, -0.2) is 9.59 Å². The third kappa shape index (κ3) is 5.94. The van der Waals surface area contributed by atoms with E-state index in [1.54, 1.807) is 29.9 Å². The Bertz CT molecular complexity index is 1240. The Morgan fingerprint density at radius 2 is 1.29 bits per heavy atom. The number of hydrogen-bond donors (Lipinski definition) is 4. The number of rotatable bonds is 8. The van der Waals surface area contributed by atoms with Crippen molar-refractivity contribution >= 4 is 35.6 Å². The molecular weight excluding hydrogens is 534 g/mol. The van der Waals surface area contributed by atoms with Crippen molar-refractivity contribution in [3.63, 3.8) is 0 Å². The van der Waals surface area contributed by atoms with Crippen LogP contribution in [0.3, 0.4) is 0 Å². The number of carboxylic acids is 2. The molecule has 0 bridgehead atoms. The number of likely N-dealkylation sites (tertiary alicyclic amines) is 2. The lowest BCUT2D eigenvalue weighted by molar-refractivity contribution is -0.156. The van der Waals surface area contributed by atoms with Gasteiger partial charge in [0.1, 0.15) is 17.8 Å². The van der Waals surface area contributed by atoms with Crippen LogP contribution in [0, 0.1) is 17.8 Å². The molecule has 41 heavy (non-hydrogen) atoms. The molecular formula is C28H37N5O8. The van der Waals surface area contributed by atoms with Crippen molar-refractivity contribution in [2.24, 2.45) is 24.8 Å². The minimum absolute atomic E-state index is 0.000110. The smallest absolute Gasteiger partial charge is 0.326 e. The Morgan fingerprint density at radius 1 is 0.780 bits per heavy atom. The van der Waals surface area contributed by atoms with E-state index in [1.807, 2.05) is 0 Å². The van der Waals surface area contributed by atoms with Crippen LogP contribution < -0.4 is 10.6 Å². The molecule has 6 atom stereocenters. The highest BCUT2D eigenvalue weighted by Gasteiger charge is 2.49. The summed E-state index contributed by atoms with van der Waals surface area (Å²) in [5, 5.41) is 25.5. The third-order valence-electron chi connectivity index (χ3n) is 8.94. The lowest BCUT2D eigenvalue weighted by atomic mass is 9.77. The number of amides is 4. The summed E-state index contributed by atoms with van der Waals surface area (Å²) in [5.74, 6) is -5.39. The second-order valence-corrected chi connectivity index (χ2v) is 11.8. The van der Waals surface area contributed by atoms with Crippen LogP contribution in [0.25, 0.3) is 0 Å². The first-order chi connectivity index (χ1) is 19.5. The van der Waals surface area contributed by atoms with E-state index >= 15 is 0 Å². The third-order valence-corrected chi connectivity index (χ3v) is 8.94. The number of aryl methyl sites for hydroxylation is 1. The molecule has 4 fully saturated rings. The Hall–Kier alpha value is -3.90. The van der Waals surface area contributed by atoms with Crippen LogP contribution in [0.15, 0.2) is 18.3 Å². The van der Waals surface area contributed by atoms with E-state index in [1.165, 1.54) is 9.80 Å². The van der Waals surface area contributed by atoms with E-state index < -0.39 is 59.8 Å². The molecule has 2 aliphatic heterocycles. The molecule has 4 amide bonds. The average molecular weight is 572 g/mol. The number of aromatic nitrogens is 1. The van der Waals surface area contributed by atoms with Gasteiger partial charge in [-0.15, -0.1) is 0 Å². The van der Waals surface area contributed by atoms with Gasteiger partial charge >= 0.3 is 11.9 Å². The van der Waals surface area contributed by atoms with Crippen molar-refractivity contribution in [3.05, 3.63) is 24.0 Å². The van der Waals surface area contributed by atoms with Gasteiger partial charge in [-0.05, 0) is 37.8 Å². The van der Waals surface area contributed by atoms with Gasteiger partial charge in [-0.3, -0.25) is 19.2 Å². The largest absolute Gasteiger partial charge is 0.480 e. The predicted molar refractivity (Wildman–Crippen MR) is 142 cm³/mol.